The highest BCUT2D eigenvalue weighted by molar-refractivity contribution is 5.42. The summed E-state index contributed by atoms with van der Waals surface area (Å²) < 4.78 is 0. The van der Waals surface area contributed by atoms with Crippen LogP contribution in [0.3, 0.4) is 0 Å². The SMILES string of the molecule is Cc1ccc(CN(C)CCO)cc1[N+](=O)[O-]. The third-order valence-corrected chi connectivity index (χ3v) is 2.40. The maximum absolute atomic E-state index is 10.7. The average molecular weight is 224 g/mol. The van der Waals surface area contributed by atoms with Crippen LogP contribution in [-0.4, -0.2) is 35.1 Å². The lowest BCUT2D eigenvalue weighted by Gasteiger charge is -2.14. The molecule has 0 saturated heterocycles. The molecule has 0 fully saturated rings. The first-order chi connectivity index (χ1) is 7.54. The molecular weight excluding hydrogens is 208 g/mol. The van der Waals surface area contributed by atoms with E-state index in [-0.39, 0.29) is 17.2 Å². The van der Waals surface area contributed by atoms with E-state index in [9.17, 15) is 10.1 Å². The van der Waals surface area contributed by atoms with Crippen LogP contribution in [0.4, 0.5) is 5.69 Å². The lowest BCUT2D eigenvalue weighted by Crippen LogP contribution is -2.21. The van der Waals surface area contributed by atoms with Gasteiger partial charge in [0.15, 0.2) is 0 Å². The van der Waals surface area contributed by atoms with Crippen molar-refractivity contribution in [1.82, 2.24) is 4.90 Å². The Balaban J connectivity index is 2.82. The fourth-order valence-electron chi connectivity index (χ4n) is 1.51. The third kappa shape index (κ3) is 3.29. The van der Waals surface area contributed by atoms with Crippen LogP contribution in [0.2, 0.25) is 0 Å². The number of aliphatic hydroxyl groups is 1. The minimum Gasteiger partial charge on any atom is -0.395 e. The first-order valence-corrected chi connectivity index (χ1v) is 5.08. The normalized spacial score (nSPS) is 10.8. The van der Waals surface area contributed by atoms with Gasteiger partial charge in [0.1, 0.15) is 0 Å². The lowest BCUT2D eigenvalue weighted by molar-refractivity contribution is -0.385. The van der Waals surface area contributed by atoms with Crippen LogP contribution in [0, 0.1) is 17.0 Å². The van der Waals surface area contributed by atoms with Gasteiger partial charge in [0.25, 0.3) is 5.69 Å². The molecule has 5 nitrogen and oxygen atoms in total. The molecular formula is C11H16N2O3. The number of nitrogens with zero attached hydrogens (tertiary/aromatic N) is 2. The Bertz CT molecular complexity index is 379. The highest BCUT2D eigenvalue weighted by atomic mass is 16.6. The molecule has 0 unspecified atom stereocenters. The average Bonchev–Trinajstić information content (AvgIpc) is 2.21. The maximum atomic E-state index is 10.7. The van der Waals surface area contributed by atoms with Gasteiger partial charge in [-0.25, -0.2) is 0 Å². The molecule has 0 amide bonds. The molecule has 0 saturated carbocycles. The van der Waals surface area contributed by atoms with Crippen molar-refractivity contribution in [2.24, 2.45) is 0 Å². The Morgan fingerprint density at radius 2 is 2.19 bits per heavy atom. The van der Waals surface area contributed by atoms with Crippen molar-refractivity contribution in [3.05, 3.63) is 39.4 Å². The number of rotatable bonds is 5. The van der Waals surface area contributed by atoms with Crippen LogP contribution in [-0.2, 0) is 6.54 Å². The van der Waals surface area contributed by atoms with E-state index in [1.165, 1.54) is 0 Å². The Kier molecular flexibility index (Phi) is 4.39. The highest BCUT2D eigenvalue weighted by Gasteiger charge is 2.11. The van der Waals surface area contributed by atoms with Crippen LogP contribution < -0.4 is 0 Å². The standard InChI is InChI=1S/C11H16N2O3/c1-9-3-4-10(7-11(9)13(15)16)8-12(2)5-6-14/h3-4,7,14H,5-6,8H2,1-2H3. The number of hydrogen-bond donors (Lipinski definition) is 1. The van der Waals surface area contributed by atoms with Crippen LogP contribution in [0.5, 0.6) is 0 Å². The summed E-state index contributed by atoms with van der Waals surface area (Å²) in [6, 6.07) is 5.21. The van der Waals surface area contributed by atoms with Crippen LogP contribution in [0.15, 0.2) is 18.2 Å². The zero-order chi connectivity index (χ0) is 12.1. The van der Waals surface area contributed by atoms with Crippen molar-refractivity contribution in [2.45, 2.75) is 13.5 Å². The molecule has 16 heavy (non-hydrogen) atoms. The van der Waals surface area contributed by atoms with E-state index in [0.29, 0.717) is 18.7 Å². The Morgan fingerprint density at radius 3 is 2.75 bits per heavy atom. The van der Waals surface area contributed by atoms with Gasteiger partial charge in [-0.05, 0) is 19.5 Å². The van der Waals surface area contributed by atoms with Crippen molar-refractivity contribution >= 4 is 5.69 Å². The first kappa shape index (κ1) is 12.6. The van der Waals surface area contributed by atoms with E-state index in [0.717, 1.165) is 5.56 Å². The number of likely N-dealkylation sites (N-methyl/N-ethyl adjacent to an activating group) is 1. The molecule has 0 aliphatic rings. The smallest absolute Gasteiger partial charge is 0.272 e. The Labute approximate surface area is 94.5 Å². The molecule has 1 N–H and O–H groups in total. The van der Waals surface area contributed by atoms with E-state index < -0.39 is 0 Å². The maximum Gasteiger partial charge on any atom is 0.272 e. The molecule has 88 valence electrons. The van der Waals surface area contributed by atoms with Crippen molar-refractivity contribution in [1.29, 1.82) is 0 Å². The van der Waals surface area contributed by atoms with Crippen molar-refractivity contribution < 1.29 is 10.0 Å². The van der Waals surface area contributed by atoms with E-state index in [1.807, 2.05) is 18.0 Å². The second-order valence-electron chi connectivity index (χ2n) is 3.84. The summed E-state index contributed by atoms with van der Waals surface area (Å²) in [5, 5.41) is 19.5. The summed E-state index contributed by atoms with van der Waals surface area (Å²) in [7, 11) is 1.86. The number of aliphatic hydroxyl groups excluding tert-OH is 1. The minimum absolute atomic E-state index is 0.0878. The number of nitro benzene ring substituents is 1. The second kappa shape index (κ2) is 5.58. The van der Waals surface area contributed by atoms with Gasteiger partial charge in [0.2, 0.25) is 0 Å². The lowest BCUT2D eigenvalue weighted by atomic mass is 10.1. The summed E-state index contributed by atoms with van der Waals surface area (Å²) in [6.45, 7) is 2.97. The van der Waals surface area contributed by atoms with Crippen LogP contribution >= 0.6 is 0 Å². The van der Waals surface area contributed by atoms with Gasteiger partial charge in [0, 0.05) is 24.7 Å². The van der Waals surface area contributed by atoms with E-state index >= 15 is 0 Å². The number of nitro groups is 1. The summed E-state index contributed by atoms with van der Waals surface area (Å²) in [5.41, 5.74) is 1.70. The molecule has 0 bridgehead atoms. The summed E-state index contributed by atoms with van der Waals surface area (Å²) in [5.74, 6) is 0. The summed E-state index contributed by atoms with van der Waals surface area (Å²) in [4.78, 5) is 12.3. The van der Waals surface area contributed by atoms with Gasteiger partial charge in [-0.3, -0.25) is 15.0 Å². The molecule has 0 aliphatic carbocycles. The second-order valence-corrected chi connectivity index (χ2v) is 3.84. The van der Waals surface area contributed by atoms with Gasteiger partial charge in [-0.15, -0.1) is 0 Å². The zero-order valence-electron chi connectivity index (χ0n) is 9.51. The quantitative estimate of drug-likeness (QED) is 0.605. The molecule has 0 atom stereocenters. The molecule has 0 aromatic heterocycles. The molecule has 1 rings (SSSR count). The zero-order valence-corrected chi connectivity index (χ0v) is 9.51. The van der Waals surface area contributed by atoms with Gasteiger partial charge < -0.3 is 5.11 Å². The van der Waals surface area contributed by atoms with Gasteiger partial charge >= 0.3 is 0 Å². The van der Waals surface area contributed by atoms with Crippen molar-refractivity contribution in [2.75, 3.05) is 20.2 Å². The summed E-state index contributed by atoms with van der Waals surface area (Å²) in [6.07, 6.45) is 0. The third-order valence-electron chi connectivity index (χ3n) is 2.40. The van der Waals surface area contributed by atoms with E-state index in [4.69, 9.17) is 5.11 Å². The van der Waals surface area contributed by atoms with Crippen molar-refractivity contribution in [3.8, 4) is 0 Å². The fourth-order valence-corrected chi connectivity index (χ4v) is 1.51. The highest BCUT2D eigenvalue weighted by Crippen LogP contribution is 2.19. The Morgan fingerprint density at radius 1 is 1.50 bits per heavy atom. The number of benzene rings is 1. The van der Waals surface area contributed by atoms with Gasteiger partial charge in [-0.2, -0.15) is 0 Å². The molecule has 0 heterocycles. The fraction of sp³-hybridized carbons (Fsp3) is 0.455. The molecule has 0 radical (unpaired) electrons. The molecule has 0 aliphatic heterocycles. The molecule has 1 aromatic carbocycles. The number of aryl methyl sites for hydroxylation is 1. The number of hydrogen-bond acceptors (Lipinski definition) is 4. The van der Waals surface area contributed by atoms with Crippen molar-refractivity contribution in [3.63, 3.8) is 0 Å². The molecule has 5 heteroatoms. The van der Waals surface area contributed by atoms with Gasteiger partial charge in [0.05, 0.1) is 11.5 Å². The van der Waals surface area contributed by atoms with Crippen LogP contribution in [0.25, 0.3) is 0 Å². The van der Waals surface area contributed by atoms with E-state index in [1.54, 1.807) is 19.1 Å². The largest absolute Gasteiger partial charge is 0.395 e. The topological polar surface area (TPSA) is 66.6 Å². The minimum atomic E-state index is -0.370. The first-order valence-electron chi connectivity index (χ1n) is 5.08. The molecule has 1 aromatic rings. The van der Waals surface area contributed by atoms with Gasteiger partial charge in [-0.1, -0.05) is 12.1 Å². The predicted molar refractivity (Wildman–Crippen MR) is 61.3 cm³/mol. The predicted octanol–water partition coefficient (Wildman–Crippen LogP) is 1.33. The summed E-state index contributed by atoms with van der Waals surface area (Å²) >= 11 is 0. The Hall–Kier alpha value is -1.46. The van der Waals surface area contributed by atoms with E-state index in [2.05, 4.69) is 0 Å². The monoisotopic (exact) mass is 224 g/mol. The molecule has 0 spiro atoms. The van der Waals surface area contributed by atoms with Crippen LogP contribution in [0.1, 0.15) is 11.1 Å².